The molecule has 1 aliphatic heterocycles. The molecule has 1 aromatic rings. The van der Waals surface area contributed by atoms with Crippen LogP contribution in [0.5, 0.6) is 0 Å². The molecule has 0 aromatic heterocycles. The Labute approximate surface area is 113 Å². The van der Waals surface area contributed by atoms with Crippen molar-refractivity contribution in [2.24, 2.45) is 10.7 Å². The number of carbonyl (C=O) groups excluding carboxylic acids is 2. The number of rotatable bonds is 3. The molecular weight excluding hydrogens is 274 g/mol. The van der Waals surface area contributed by atoms with Gasteiger partial charge in [-0.05, 0) is 24.3 Å². The molecule has 18 heavy (non-hydrogen) atoms. The summed E-state index contributed by atoms with van der Waals surface area (Å²) in [5, 5.41) is 3.15. The quantitative estimate of drug-likeness (QED) is 0.635. The van der Waals surface area contributed by atoms with E-state index >= 15 is 0 Å². The van der Waals surface area contributed by atoms with Gasteiger partial charge in [0.1, 0.15) is 5.84 Å². The Balaban J connectivity index is 1.98. The number of halogens is 1. The van der Waals surface area contributed by atoms with Crippen molar-refractivity contribution in [2.75, 3.05) is 5.75 Å². The monoisotopic (exact) mass is 283 g/mol. The van der Waals surface area contributed by atoms with Crippen LogP contribution in [0.2, 0.25) is 5.02 Å². The summed E-state index contributed by atoms with van der Waals surface area (Å²) < 4.78 is 0. The molecule has 0 aliphatic carbocycles. The number of thioether (sulfide) groups is 1. The first kappa shape index (κ1) is 13.1. The second-order valence-electron chi connectivity index (χ2n) is 3.61. The minimum atomic E-state index is -1.19. The van der Waals surface area contributed by atoms with Gasteiger partial charge < -0.3 is 11.1 Å². The summed E-state index contributed by atoms with van der Waals surface area (Å²) in [4.78, 5) is 27.3. The molecule has 3 N–H and O–H groups in total. The highest BCUT2D eigenvalue weighted by molar-refractivity contribution is 8.00. The van der Waals surface area contributed by atoms with Crippen LogP contribution >= 0.6 is 23.4 Å². The fourth-order valence-electron chi connectivity index (χ4n) is 1.31. The second-order valence-corrected chi connectivity index (χ2v) is 5.09. The number of nitrogens with zero attached hydrogens (tertiary/aromatic N) is 1. The third-order valence-corrected chi connectivity index (χ3v) is 3.53. The SMILES string of the molecule is NC1C(=O)N=C(CSc2ccc(Cl)cc2)NC1=O. The average Bonchev–Trinajstić information content (AvgIpc) is 2.35. The van der Waals surface area contributed by atoms with Crippen LogP contribution in [0.4, 0.5) is 0 Å². The molecule has 0 fully saturated rings. The summed E-state index contributed by atoms with van der Waals surface area (Å²) in [7, 11) is 0. The Morgan fingerprint density at radius 1 is 1.33 bits per heavy atom. The van der Waals surface area contributed by atoms with Gasteiger partial charge in [0.25, 0.3) is 11.8 Å². The van der Waals surface area contributed by atoms with Crippen molar-refractivity contribution in [1.82, 2.24) is 5.32 Å². The number of hydrogen-bond donors (Lipinski definition) is 2. The fourth-order valence-corrected chi connectivity index (χ4v) is 2.21. The normalized spacial score (nSPS) is 19.4. The number of nitrogens with two attached hydrogens (primary N) is 1. The van der Waals surface area contributed by atoms with Gasteiger partial charge in [0, 0.05) is 9.92 Å². The zero-order valence-corrected chi connectivity index (χ0v) is 10.8. The van der Waals surface area contributed by atoms with Crippen molar-refractivity contribution in [3.05, 3.63) is 29.3 Å². The van der Waals surface area contributed by atoms with Crippen LogP contribution in [0.25, 0.3) is 0 Å². The molecule has 1 aliphatic rings. The van der Waals surface area contributed by atoms with E-state index in [-0.39, 0.29) is 0 Å². The van der Waals surface area contributed by atoms with Crippen LogP contribution in [-0.2, 0) is 9.59 Å². The van der Waals surface area contributed by atoms with Crippen molar-refractivity contribution in [3.8, 4) is 0 Å². The summed E-state index contributed by atoms with van der Waals surface area (Å²) >= 11 is 7.21. The summed E-state index contributed by atoms with van der Waals surface area (Å²) in [5.41, 5.74) is 5.32. The second kappa shape index (κ2) is 5.51. The summed E-state index contributed by atoms with van der Waals surface area (Å²) in [6.45, 7) is 0. The molecule has 2 amide bonds. The van der Waals surface area contributed by atoms with Crippen LogP contribution in [0.15, 0.2) is 34.2 Å². The molecular formula is C11H10ClN3O2S. The van der Waals surface area contributed by atoms with Gasteiger partial charge in [-0.3, -0.25) is 9.59 Å². The third kappa shape index (κ3) is 3.10. The van der Waals surface area contributed by atoms with Crippen molar-refractivity contribution < 1.29 is 9.59 Å². The Bertz CT molecular complexity index is 516. The van der Waals surface area contributed by atoms with Crippen LogP contribution in [0.3, 0.4) is 0 Å². The highest BCUT2D eigenvalue weighted by atomic mass is 35.5. The molecule has 7 heteroatoms. The minimum Gasteiger partial charge on any atom is -0.312 e. The van der Waals surface area contributed by atoms with Gasteiger partial charge >= 0.3 is 0 Å². The van der Waals surface area contributed by atoms with Crippen LogP contribution < -0.4 is 11.1 Å². The molecule has 1 atom stereocenters. The lowest BCUT2D eigenvalue weighted by Gasteiger charge is -2.16. The maximum absolute atomic E-state index is 11.3. The predicted molar refractivity (Wildman–Crippen MR) is 70.7 cm³/mol. The van der Waals surface area contributed by atoms with E-state index in [0.717, 1.165) is 4.90 Å². The number of hydrogen-bond acceptors (Lipinski definition) is 4. The van der Waals surface area contributed by atoms with Gasteiger partial charge in [0.05, 0.1) is 5.75 Å². The molecule has 0 saturated heterocycles. The van der Waals surface area contributed by atoms with Gasteiger partial charge in [-0.1, -0.05) is 11.6 Å². The van der Waals surface area contributed by atoms with Gasteiger partial charge in [0.2, 0.25) is 0 Å². The van der Waals surface area contributed by atoms with Gasteiger partial charge in [-0.25, -0.2) is 0 Å². The third-order valence-electron chi connectivity index (χ3n) is 2.25. The largest absolute Gasteiger partial charge is 0.312 e. The van der Waals surface area contributed by atoms with Gasteiger partial charge in [-0.2, -0.15) is 4.99 Å². The molecule has 1 heterocycles. The van der Waals surface area contributed by atoms with Crippen molar-refractivity contribution >= 4 is 41.0 Å². The number of carbonyl (C=O) groups is 2. The highest BCUT2D eigenvalue weighted by Crippen LogP contribution is 2.20. The maximum Gasteiger partial charge on any atom is 0.274 e. The first-order valence-electron chi connectivity index (χ1n) is 5.12. The maximum atomic E-state index is 11.3. The zero-order chi connectivity index (χ0) is 13.1. The summed E-state index contributed by atoms with van der Waals surface area (Å²) in [5.74, 6) is -0.398. The predicted octanol–water partition coefficient (Wildman–Crippen LogP) is 0.814. The molecule has 0 radical (unpaired) electrons. The Hall–Kier alpha value is -1.37. The van der Waals surface area contributed by atoms with E-state index in [9.17, 15) is 9.59 Å². The lowest BCUT2D eigenvalue weighted by atomic mass is 10.2. The Morgan fingerprint density at radius 3 is 2.61 bits per heavy atom. The van der Waals surface area contributed by atoms with Crippen LogP contribution in [0.1, 0.15) is 0 Å². The molecule has 1 unspecified atom stereocenters. The van der Waals surface area contributed by atoms with E-state index in [4.69, 9.17) is 17.3 Å². The molecule has 1 aromatic carbocycles. The number of amidine groups is 1. The van der Waals surface area contributed by atoms with E-state index in [0.29, 0.717) is 16.6 Å². The molecule has 94 valence electrons. The Morgan fingerprint density at radius 2 is 2.00 bits per heavy atom. The zero-order valence-electron chi connectivity index (χ0n) is 9.22. The first-order chi connectivity index (χ1) is 8.56. The van der Waals surface area contributed by atoms with E-state index in [1.54, 1.807) is 12.1 Å². The van der Waals surface area contributed by atoms with E-state index < -0.39 is 17.9 Å². The topological polar surface area (TPSA) is 84.6 Å². The molecule has 5 nitrogen and oxygen atoms in total. The number of aliphatic imine (C=N–C) groups is 1. The van der Waals surface area contributed by atoms with E-state index in [1.807, 2.05) is 12.1 Å². The van der Waals surface area contributed by atoms with E-state index in [1.165, 1.54) is 11.8 Å². The first-order valence-corrected chi connectivity index (χ1v) is 6.49. The Kier molecular flexibility index (Phi) is 4.00. The molecule has 2 rings (SSSR count). The van der Waals surface area contributed by atoms with E-state index in [2.05, 4.69) is 10.3 Å². The molecule has 0 spiro atoms. The fraction of sp³-hybridized carbons (Fsp3) is 0.182. The number of amides is 2. The lowest BCUT2D eigenvalue weighted by molar-refractivity contribution is -0.129. The van der Waals surface area contributed by atoms with Crippen LogP contribution in [0, 0.1) is 0 Å². The van der Waals surface area contributed by atoms with Gasteiger partial charge in [-0.15, -0.1) is 11.8 Å². The molecule has 0 bridgehead atoms. The highest BCUT2D eigenvalue weighted by Gasteiger charge is 2.27. The lowest BCUT2D eigenvalue weighted by Crippen LogP contribution is -2.52. The van der Waals surface area contributed by atoms with Crippen molar-refractivity contribution in [1.29, 1.82) is 0 Å². The summed E-state index contributed by atoms with van der Waals surface area (Å²) in [6.07, 6.45) is 0. The molecule has 0 saturated carbocycles. The van der Waals surface area contributed by atoms with Crippen LogP contribution in [-0.4, -0.2) is 29.4 Å². The van der Waals surface area contributed by atoms with Crippen molar-refractivity contribution in [2.45, 2.75) is 10.9 Å². The number of nitrogens with one attached hydrogen (secondary N) is 1. The minimum absolute atomic E-state index is 0.326. The summed E-state index contributed by atoms with van der Waals surface area (Å²) in [6, 6.07) is 6.06. The smallest absolute Gasteiger partial charge is 0.274 e. The average molecular weight is 284 g/mol. The van der Waals surface area contributed by atoms with Crippen molar-refractivity contribution in [3.63, 3.8) is 0 Å². The van der Waals surface area contributed by atoms with Gasteiger partial charge in [0.15, 0.2) is 6.04 Å². The number of benzene rings is 1. The standard InChI is InChI=1S/C11H10ClN3O2S/c12-6-1-3-7(4-2-6)18-5-8-14-10(16)9(13)11(17)15-8/h1-4,9H,5,13H2,(H,14,15,16,17).